The standard InChI is InChI=1S/C15H17NO2S/c1-11-4-3-5-12(8-11)15(17)16-9-14(18-2)13-6-7-19-10-13/h3-8,10,14H,9H2,1-2H3,(H,16,17). The molecule has 4 heteroatoms. The SMILES string of the molecule is COC(CNC(=O)c1cccc(C)c1)c1ccsc1. The van der Waals surface area contributed by atoms with Crippen LogP contribution in [0.3, 0.4) is 0 Å². The van der Waals surface area contributed by atoms with E-state index >= 15 is 0 Å². The van der Waals surface area contributed by atoms with Gasteiger partial charge in [0.05, 0.1) is 0 Å². The summed E-state index contributed by atoms with van der Waals surface area (Å²) in [6.07, 6.45) is -0.0972. The van der Waals surface area contributed by atoms with Gasteiger partial charge in [-0.1, -0.05) is 17.7 Å². The zero-order valence-corrected chi connectivity index (χ0v) is 11.9. The summed E-state index contributed by atoms with van der Waals surface area (Å²) in [5.74, 6) is -0.0685. The molecule has 1 aromatic heterocycles. The third-order valence-electron chi connectivity index (χ3n) is 2.93. The number of hydrogen-bond donors (Lipinski definition) is 1. The van der Waals surface area contributed by atoms with E-state index in [9.17, 15) is 4.79 Å². The number of carbonyl (C=O) groups excluding carboxylic acids is 1. The van der Waals surface area contributed by atoms with Gasteiger partial charge < -0.3 is 10.1 Å². The molecule has 100 valence electrons. The fraction of sp³-hybridized carbons (Fsp3) is 0.267. The molecule has 0 aliphatic heterocycles. The van der Waals surface area contributed by atoms with Crippen LogP contribution in [-0.2, 0) is 4.74 Å². The van der Waals surface area contributed by atoms with E-state index in [0.717, 1.165) is 11.1 Å². The maximum atomic E-state index is 12.0. The van der Waals surface area contributed by atoms with Gasteiger partial charge in [0.2, 0.25) is 0 Å². The van der Waals surface area contributed by atoms with Crippen LogP contribution in [-0.4, -0.2) is 19.6 Å². The minimum absolute atomic E-state index is 0.0685. The Morgan fingerprint density at radius 1 is 1.42 bits per heavy atom. The molecule has 2 aromatic rings. The quantitative estimate of drug-likeness (QED) is 0.910. The molecule has 3 nitrogen and oxygen atoms in total. The molecule has 1 unspecified atom stereocenters. The van der Waals surface area contributed by atoms with Crippen molar-refractivity contribution < 1.29 is 9.53 Å². The normalized spacial score (nSPS) is 12.1. The lowest BCUT2D eigenvalue weighted by Gasteiger charge is -2.15. The first-order chi connectivity index (χ1) is 9.20. The molecule has 1 atom stereocenters. The molecule has 0 saturated carbocycles. The van der Waals surface area contributed by atoms with Crippen LogP contribution in [0.2, 0.25) is 0 Å². The van der Waals surface area contributed by atoms with E-state index in [2.05, 4.69) is 5.32 Å². The van der Waals surface area contributed by atoms with Crippen molar-refractivity contribution in [1.82, 2.24) is 5.32 Å². The summed E-state index contributed by atoms with van der Waals surface area (Å²) in [5.41, 5.74) is 2.85. The minimum atomic E-state index is -0.0972. The van der Waals surface area contributed by atoms with Gasteiger partial charge in [0.25, 0.3) is 5.91 Å². The molecule has 0 aliphatic carbocycles. The Morgan fingerprint density at radius 3 is 2.89 bits per heavy atom. The number of amides is 1. The average molecular weight is 275 g/mol. The molecule has 1 heterocycles. The molecule has 1 amide bonds. The second-order valence-corrected chi connectivity index (χ2v) is 5.14. The first-order valence-corrected chi connectivity index (χ1v) is 7.04. The number of ether oxygens (including phenoxy) is 1. The first kappa shape index (κ1) is 13.8. The van der Waals surface area contributed by atoms with Crippen LogP contribution in [0, 0.1) is 6.92 Å². The van der Waals surface area contributed by atoms with Crippen LogP contribution >= 0.6 is 11.3 Å². The van der Waals surface area contributed by atoms with Crippen molar-refractivity contribution in [1.29, 1.82) is 0 Å². The zero-order valence-electron chi connectivity index (χ0n) is 11.1. The number of aryl methyl sites for hydroxylation is 1. The predicted octanol–water partition coefficient (Wildman–Crippen LogP) is 3.17. The van der Waals surface area contributed by atoms with Crippen molar-refractivity contribution in [3.8, 4) is 0 Å². The second kappa shape index (κ2) is 6.50. The lowest BCUT2D eigenvalue weighted by molar-refractivity contribution is 0.0829. The third kappa shape index (κ3) is 3.66. The fourth-order valence-electron chi connectivity index (χ4n) is 1.87. The monoisotopic (exact) mass is 275 g/mol. The number of rotatable bonds is 5. The average Bonchev–Trinajstić information content (AvgIpc) is 2.93. The maximum absolute atomic E-state index is 12.0. The van der Waals surface area contributed by atoms with Gasteiger partial charge in [0, 0.05) is 19.2 Å². The third-order valence-corrected chi connectivity index (χ3v) is 3.63. The molecule has 0 aliphatic rings. The van der Waals surface area contributed by atoms with Crippen LogP contribution in [0.15, 0.2) is 41.1 Å². The summed E-state index contributed by atoms with van der Waals surface area (Å²) in [7, 11) is 1.65. The highest BCUT2D eigenvalue weighted by atomic mass is 32.1. The number of hydrogen-bond acceptors (Lipinski definition) is 3. The molecule has 1 N–H and O–H groups in total. The lowest BCUT2D eigenvalue weighted by atomic mass is 10.1. The van der Waals surface area contributed by atoms with E-state index in [1.165, 1.54) is 0 Å². The molecule has 19 heavy (non-hydrogen) atoms. The van der Waals surface area contributed by atoms with Gasteiger partial charge >= 0.3 is 0 Å². The zero-order chi connectivity index (χ0) is 13.7. The van der Waals surface area contributed by atoms with E-state index in [1.54, 1.807) is 18.4 Å². The van der Waals surface area contributed by atoms with E-state index in [0.29, 0.717) is 12.1 Å². The van der Waals surface area contributed by atoms with Crippen molar-refractivity contribution in [2.24, 2.45) is 0 Å². The minimum Gasteiger partial charge on any atom is -0.375 e. The van der Waals surface area contributed by atoms with Gasteiger partial charge in [-0.3, -0.25) is 4.79 Å². The molecule has 0 fully saturated rings. The van der Waals surface area contributed by atoms with Crippen molar-refractivity contribution in [2.75, 3.05) is 13.7 Å². The smallest absolute Gasteiger partial charge is 0.251 e. The van der Waals surface area contributed by atoms with Gasteiger partial charge in [0.15, 0.2) is 0 Å². The van der Waals surface area contributed by atoms with Crippen LogP contribution in [0.4, 0.5) is 0 Å². The summed E-state index contributed by atoms with van der Waals surface area (Å²) in [6, 6.07) is 9.56. The first-order valence-electron chi connectivity index (χ1n) is 6.10. The summed E-state index contributed by atoms with van der Waals surface area (Å²) >= 11 is 1.62. The second-order valence-electron chi connectivity index (χ2n) is 4.36. The van der Waals surface area contributed by atoms with E-state index in [1.807, 2.05) is 48.0 Å². The van der Waals surface area contributed by atoms with Crippen molar-refractivity contribution in [3.63, 3.8) is 0 Å². The van der Waals surface area contributed by atoms with Crippen molar-refractivity contribution in [3.05, 3.63) is 57.8 Å². The summed E-state index contributed by atoms with van der Waals surface area (Å²) < 4.78 is 5.40. The van der Waals surface area contributed by atoms with Crippen LogP contribution in [0.5, 0.6) is 0 Å². The Bertz CT molecular complexity index is 537. The molecule has 0 radical (unpaired) electrons. The summed E-state index contributed by atoms with van der Waals surface area (Å²) in [4.78, 5) is 12.0. The van der Waals surface area contributed by atoms with Crippen LogP contribution in [0.25, 0.3) is 0 Å². The molecule has 2 rings (SSSR count). The Kier molecular flexibility index (Phi) is 4.71. The van der Waals surface area contributed by atoms with E-state index in [4.69, 9.17) is 4.74 Å². The molecule has 0 saturated heterocycles. The van der Waals surface area contributed by atoms with Crippen molar-refractivity contribution in [2.45, 2.75) is 13.0 Å². The summed E-state index contributed by atoms with van der Waals surface area (Å²) in [5, 5.41) is 6.94. The number of methoxy groups -OCH3 is 1. The highest BCUT2D eigenvalue weighted by molar-refractivity contribution is 7.07. The molecule has 0 bridgehead atoms. The predicted molar refractivity (Wildman–Crippen MR) is 77.6 cm³/mol. The van der Waals surface area contributed by atoms with Gasteiger partial charge in [-0.2, -0.15) is 11.3 Å². The summed E-state index contributed by atoms with van der Waals surface area (Å²) in [6.45, 7) is 2.44. The largest absolute Gasteiger partial charge is 0.375 e. The van der Waals surface area contributed by atoms with Gasteiger partial charge in [0.1, 0.15) is 6.10 Å². The van der Waals surface area contributed by atoms with Crippen molar-refractivity contribution >= 4 is 17.2 Å². The highest BCUT2D eigenvalue weighted by Gasteiger charge is 2.13. The van der Waals surface area contributed by atoms with Crippen LogP contribution in [0.1, 0.15) is 27.6 Å². The van der Waals surface area contributed by atoms with E-state index < -0.39 is 0 Å². The number of nitrogens with one attached hydrogen (secondary N) is 1. The van der Waals surface area contributed by atoms with Crippen LogP contribution < -0.4 is 5.32 Å². The lowest BCUT2D eigenvalue weighted by Crippen LogP contribution is -2.29. The fourth-order valence-corrected chi connectivity index (χ4v) is 2.57. The Labute approximate surface area is 117 Å². The number of thiophene rings is 1. The molecule has 1 aromatic carbocycles. The number of carbonyl (C=O) groups is 1. The topological polar surface area (TPSA) is 38.3 Å². The van der Waals surface area contributed by atoms with E-state index in [-0.39, 0.29) is 12.0 Å². The number of benzene rings is 1. The Balaban J connectivity index is 1.96. The van der Waals surface area contributed by atoms with Gasteiger partial charge in [-0.05, 0) is 41.4 Å². The molecular weight excluding hydrogens is 258 g/mol. The maximum Gasteiger partial charge on any atom is 0.251 e. The molecule has 0 spiro atoms. The van der Waals surface area contributed by atoms with Gasteiger partial charge in [-0.25, -0.2) is 0 Å². The van der Waals surface area contributed by atoms with Gasteiger partial charge in [-0.15, -0.1) is 0 Å². The molecular formula is C15H17NO2S. The Hall–Kier alpha value is -1.65. The Morgan fingerprint density at radius 2 is 2.26 bits per heavy atom. The highest BCUT2D eigenvalue weighted by Crippen LogP contribution is 2.18.